The highest BCUT2D eigenvalue weighted by molar-refractivity contribution is 5.88. The van der Waals surface area contributed by atoms with E-state index in [-0.39, 0.29) is 5.90 Å². The molecule has 0 atom stereocenters. The molecule has 0 aliphatic rings. The Bertz CT molecular complexity index is 255. The molecule has 0 fully saturated rings. The van der Waals surface area contributed by atoms with Crippen molar-refractivity contribution in [2.75, 3.05) is 7.11 Å². The number of ether oxygens (including phenoxy) is 1. The van der Waals surface area contributed by atoms with Crippen molar-refractivity contribution in [2.45, 2.75) is 6.92 Å². The summed E-state index contributed by atoms with van der Waals surface area (Å²) in [6, 6.07) is 0. The van der Waals surface area contributed by atoms with Gasteiger partial charge in [0.05, 0.1) is 19.0 Å². The van der Waals surface area contributed by atoms with Gasteiger partial charge in [-0.15, -0.1) is 0 Å². The molecule has 0 bridgehead atoms. The summed E-state index contributed by atoms with van der Waals surface area (Å²) in [4.78, 5) is 7.90. The molecule has 1 rings (SSSR count). The average molecular weight is 151 g/mol. The molecule has 1 aromatic heterocycles. The lowest BCUT2D eigenvalue weighted by Gasteiger charge is -1.99. The molecule has 1 aromatic rings. The van der Waals surface area contributed by atoms with E-state index >= 15 is 0 Å². The van der Waals surface area contributed by atoms with Gasteiger partial charge in [0.15, 0.2) is 0 Å². The van der Waals surface area contributed by atoms with Crippen LogP contribution in [0.1, 0.15) is 11.4 Å². The van der Waals surface area contributed by atoms with Crippen molar-refractivity contribution in [3.63, 3.8) is 0 Å². The van der Waals surface area contributed by atoms with E-state index in [0.29, 0.717) is 5.69 Å². The SMILES string of the molecule is COC(=N)c1cnc(C)cn1. The lowest BCUT2D eigenvalue weighted by atomic mass is 10.4. The first kappa shape index (κ1) is 7.65. The van der Waals surface area contributed by atoms with Crippen LogP contribution >= 0.6 is 0 Å². The Morgan fingerprint density at radius 1 is 1.45 bits per heavy atom. The number of hydrogen-bond donors (Lipinski definition) is 1. The second-order valence-electron chi connectivity index (χ2n) is 2.08. The molecule has 0 radical (unpaired) electrons. The van der Waals surface area contributed by atoms with Gasteiger partial charge in [-0.1, -0.05) is 0 Å². The molecule has 0 saturated heterocycles. The second kappa shape index (κ2) is 3.09. The van der Waals surface area contributed by atoms with Gasteiger partial charge in [0.2, 0.25) is 5.90 Å². The summed E-state index contributed by atoms with van der Waals surface area (Å²) in [5.74, 6) is 0.0394. The number of methoxy groups -OCH3 is 1. The first-order chi connectivity index (χ1) is 5.24. The van der Waals surface area contributed by atoms with Gasteiger partial charge in [-0.05, 0) is 6.92 Å². The van der Waals surface area contributed by atoms with Crippen molar-refractivity contribution in [2.24, 2.45) is 0 Å². The number of aromatic nitrogens is 2. The Kier molecular flexibility index (Phi) is 2.15. The molecule has 11 heavy (non-hydrogen) atoms. The molecule has 0 aromatic carbocycles. The highest BCUT2D eigenvalue weighted by atomic mass is 16.5. The van der Waals surface area contributed by atoms with Gasteiger partial charge < -0.3 is 4.74 Å². The van der Waals surface area contributed by atoms with Crippen molar-refractivity contribution < 1.29 is 4.74 Å². The van der Waals surface area contributed by atoms with Gasteiger partial charge in [-0.2, -0.15) is 0 Å². The van der Waals surface area contributed by atoms with E-state index in [4.69, 9.17) is 5.41 Å². The fourth-order valence-electron chi connectivity index (χ4n) is 0.614. The van der Waals surface area contributed by atoms with Gasteiger partial charge in [0.25, 0.3) is 0 Å². The molecule has 0 aliphatic carbocycles. The Morgan fingerprint density at radius 2 is 2.18 bits per heavy atom. The van der Waals surface area contributed by atoms with Crippen LogP contribution < -0.4 is 0 Å². The first-order valence-electron chi connectivity index (χ1n) is 3.15. The van der Waals surface area contributed by atoms with Crippen molar-refractivity contribution in [3.05, 3.63) is 23.8 Å². The van der Waals surface area contributed by atoms with Crippen LogP contribution in [0.15, 0.2) is 12.4 Å². The Morgan fingerprint density at radius 3 is 2.64 bits per heavy atom. The van der Waals surface area contributed by atoms with E-state index in [1.54, 1.807) is 6.20 Å². The summed E-state index contributed by atoms with van der Waals surface area (Å²) in [6.07, 6.45) is 3.12. The van der Waals surface area contributed by atoms with E-state index in [1.807, 2.05) is 6.92 Å². The van der Waals surface area contributed by atoms with Gasteiger partial charge in [-0.25, -0.2) is 4.98 Å². The zero-order valence-electron chi connectivity index (χ0n) is 6.46. The van der Waals surface area contributed by atoms with Crippen molar-refractivity contribution in [3.8, 4) is 0 Å². The fraction of sp³-hybridized carbons (Fsp3) is 0.286. The van der Waals surface area contributed by atoms with E-state index in [9.17, 15) is 0 Å². The molecule has 58 valence electrons. The van der Waals surface area contributed by atoms with E-state index < -0.39 is 0 Å². The van der Waals surface area contributed by atoms with E-state index in [0.717, 1.165) is 5.69 Å². The third kappa shape index (κ3) is 1.73. The maximum atomic E-state index is 7.22. The molecule has 0 spiro atoms. The second-order valence-corrected chi connectivity index (χ2v) is 2.08. The fourth-order valence-corrected chi connectivity index (χ4v) is 0.614. The minimum absolute atomic E-state index is 0.0394. The lowest BCUT2D eigenvalue weighted by molar-refractivity contribution is 0.399. The van der Waals surface area contributed by atoms with Crippen LogP contribution in [0.5, 0.6) is 0 Å². The van der Waals surface area contributed by atoms with E-state index in [2.05, 4.69) is 14.7 Å². The summed E-state index contributed by atoms with van der Waals surface area (Å²) in [5, 5.41) is 7.22. The molecule has 0 saturated carbocycles. The summed E-state index contributed by atoms with van der Waals surface area (Å²) < 4.78 is 4.66. The van der Waals surface area contributed by atoms with Crippen LogP contribution in [0.25, 0.3) is 0 Å². The predicted octanol–water partition coefficient (Wildman–Crippen LogP) is 0.757. The Balaban J connectivity index is 2.90. The van der Waals surface area contributed by atoms with Crippen molar-refractivity contribution in [1.82, 2.24) is 9.97 Å². The monoisotopic (exact) mass is 151 g/mol. The normalized spacial score (nSPS) is 9.27. The van der Waals surface area contributed by atoms with E-state index in [1.165, 1.54) is 13.3 Å². The molecule has 4 heteroatoms. The van der Waals surface area contributed by atoms with Crippen molar-refractivity contribution in [1.29, 1.82) is 5.41 Å². The van der Waals surface area contributed by atoms with Crippen LogP contribution in [-0.2, 0) is 4.74 Å². The number of hydrogen-bond acceptors (Lipinski definition) is 4. The van der Waals surface area contributed by atoms with Crippen molar-refractivity contribution >= 4 is 5.90 Å². The summed E-state index contributed by atoms with van der Waals surface area (Å²) >= 11 is 0. The molecular weight excluding hydrogens is 142 g/mol. The standard InChI is InChI=1S/C7H9N3O/c1-5-3-10-6(4-9-5)7(8)11-2/h3-4,8H,1-2H3. The highest BCUT2D eigenvalue weighted by Gasteiger charge is 2.00. The Hall–Kier alpha value is -1.45. The average Bonchev–Trinajstić information content (AvgIpc) is 2.05. The van der Waals surface area contributed by atoms with Crippen LogP contribution in [-0.4, -0.2) is 23.0 Å². The largest absolute Gasteiger partial charge is 0.480 e. The first-order valence-corrected chi connectivity index (χ1v) is 3.15. The molecule has 0 amide bonds. The maximum absolute atomic E-state index is 7.22. The third-order valence-electron chi connectivity index (χ3n) is 1.22. The molecular formula is C7H9N3O. The predicted molar refractivity (Wildman–Crippen MR) is 40.6 cm³/mol. The number of rotatable bonds is 1. The highest BCUT2D eigenvalue weighted by Crippen LogP contribution is 1.94. The Labute approximate surface area is 64.8 Å². The molecule has 0 unspecified atom stereocenters. The summed E-state index contributed by atoms with van der Waals surface area (Å²) in [5.41, 5.74) is 1.29. The number of nitrogens with zero attached hydrogens (tertiary/aromatic N) is 2. The smallest absolute Gasteiger partial charge is 0.233 e. The zero-order chi connectivity index (χ0) is 8.27. The van der Waals surface area contributed by atoms with Gasteiger partial charge in [-0.3, -0.25) is 10.4 Å². The van der Waals surface area contributed by atoms with Crippen LogP contribution in [0.4, 0.5) is 0 Å². The van der Waals surface area contributed by atoms with Crippen LogP contribution in [0.3, 0.4) is 0 Å². The maximum Gasteiger partial charge on any atom is 0.233 e. The third-order valence-corrected chi connectivity index (χ3v) is 1.22. The van der Waals surface area contributed by atoms with Gasteiger partial charge in [0, 0.05) is 6.20 Å². The molecule has 4 nitrogen and oxygen atoms in total. The molecule has 0 aliphatic heterocycles. The summed E-state index contributed by atoms with van der Waals surface area (Å²) in [7, 11) is 1.43. The minimum Gasteiger partial charge on any atom is -0.480 e. The van der Waals surface area contributed by atoms with Crippen LogP contribution in [0.2, 0.25) is 0 Å². The topological polar surface area (TPSA) is 58.9 Å². The number of nitrogens with one attached hydrogen (secondary N) is 1. The number of aryl methyl sites for hydroxylation is 1. The molecule has 1 N–H and O–H groups in total. The summed E-state index contributed by atoms with van der Waals surface area (Å²) in [6.45, 7) is 1.84. The lowest BCUT2D eigenvalue weighted by Crippen LogP contribution is -2.04. The zero-order valence-corrected chi connectivity index (χ0v) is 6.46. The van der Waals surface area contributed by atoms with Gasteiger partial charge >= 0.3 is 0 Å². The van der Waals surface area contributed by atoms with Crippen LogP contribution in [0, 0.1) is 12.3 Å². The molecule has 1 heterocycles. The minimum atomic E-state index is 0.0394. The quantitative estimate of drug-likeness (QED) is 0.476. The van der Waals surface area contributed by atoms with Gasteiger partial charge in [0.1, 0.15) is 5.69 Å².